The van der Waals surface area contributed by atoms with E-state index in [0.29, 0.717) is 20.0 Å². The Morgan fingerprint density at radius 1 is 1.05 bits per heavy atom. The highest BCUT2D eigenvalue weighted by Gasteiger charge is 2.33. The van der Waals surface area contributed by atoms with E-state index >= 15 is 0 Å². The molecule has 1 aliphatic heterocycles. The molecular formula is C26H16Cl3N3O3S2. The number of nitrogens with zero attached hydrogens (tertiary/aromatic N) is 3. The lowest BCUT2D eigenvalue weighted by atomic mass is 10.2. The Labute approximate surface area is 236 Å². The minimum Gasteiger partial charge on any atom is -0.437 e. The lowest BCUT2D eigenvalue weighted by Gasteiger charge is -2.15. The number of thiocarbonyl (C=S) groups is 1. The lowest BCUT2D eigenvalue weighted by Crippen LogP contribution is -2.27. The normalized spacial score (nSPS) is 14.7. The Kier molecular flexibility index (Phi) is 7.29. The van der Waals surface area contributed by atoms with Crippen molar-refractivity contribution in [2.75, 3.05) is 0 Å². The number of pyridine rings is 1. The van der Waals surface area contributed by atoms with E-state index in [2.05, 4.69) is 4.98 Å². The predicted octanol–water partition coefficient (Wildman–Crippen LogP) is 7.16. The monoisotopic (exact) mass is 587 g/mol. The molecule has 1 amide bonds. The van der Waals surface area contributed by atoms with E-state index in [9.17, 15) is 9.59 Å². The van der Waals surface area contributed by atoms with Crippen molar-refractivity contribution in [3.8, 4) is 11.6 Å². The maximum atomic E-state index is 13.6. The molecule has 1 aliphatic rings. The molecule has 6 nitrogen and oxygen atoms in total. The highest BCUT2D eigenvalue weighted by Crippen LogP contribution is 2.37. The fourth-order valence-corrected chi connectivity index (χ4v) is 5.60. The Balaban J connectivity index is 1.60. The van der Waals surface area contributed by atoms with Gasteiger partial charge in [-0.3, -0.25) is 18.9 Å². The van der Waals surface area contributed by atoms with Gasteiger partial charge in [0.15, 0.2) is 0 Å². The Morgan fingerprint density at radius 3 is 2.59 bits per heavy atom. The second-order valence-corrected chi connectivity index (χ2v) is 11.0. The highest BCUT2D eigenvalue weighted by atomic mass is 35.5. The molecule has 5 rings (SSSR count). The molecule has 0 N–H and O–H groups in total. The van der Waals surface area contributed by atoms with Gasteiger partial charge in [-0.05, 0) is 54.5 Å². The van der Waals surface area contributed by atoms with E-state index in [4.69, 9.17) is 51.8 Å². The molecule has 0 aliphatic carbocycles. The van der Waals surface area contributed by atoms with E-state index in [0.717, 1.165) is 22.9 Å². The maximum Gasteiger partial charge on any atom is 0.269 e. The van der Waals surface area contributed by atoms with Gasteiger partial charge in [0.25, 0.3) is 11.5 Å². The fraction of sp³-hybridized carbons (Fsp3) is 0.0769. The van der Waals surface area contributed by atoms with Gasteiger partial charge < -0.3 is 4.74 Å². The summed E-state index contributed by atoms with van der Waals surface area (Å²) in [5.74, 6) is -0.0872. The summed E-state index contributed by atoms with van der Waals surface area (Å²) in [6.07, 6.45) is 3.06. The average molecular weight is 589 g/mol. The molecule has 0 radical (unpaired) electrons. The first-order chi connectivity index (χ1) is 17.7. The van der Waals surface area contributed by atoms with Crippen LogP contribution in [0, 0.1) is 6.92 Å². The fourth-order valence-electron chi connectivity index (χ4n) is 3.72. The number of carbonyl (C=O) groups excluding carboxylic acids is 1. The summed E-state index contributed by atoms with van der Waals surface area (Å²) in [6.45, 7) is 2.04. The minimum atomic E-state index is -0.412. The molecular weight excluding hydrogens is 573 g/mol. The van der Waals surface area contributed by atoms with Gasteiger partial charge in [0.2, 0.25) is 5.88 Å². The minimum absolute atomic E-state index is 0.0000976. The number of carbonyl (C=O) groups is 1. The molecule has 4 aromatic rings. The molecule has 2 aromatic carbocycles. The van der Waals surface area contributed by atoms with Crippen molar-refractivity contribution in [3.05, 3.63) is 108 Å². The summed E-state index contributed by atoms with van der Waals surface area (Å²) in [7, 11) is 0. The number of aryl methyl sites for hydroxylation is 1. The third kappa shape index (κ3) is 5.12. The van der Waals surface area contributed by atoms with Crippen LogP contribution in [0.25, 0.3) is 11.7 Å². The lowest BCUT2D eigenvalue weighted by molar-refractivity contribution is -0.122. The number of ether oxygens (including phenoxy) is 1. The zero-order valence-electron chi connectivity index (χ0n) is 19.1. The molecule has 0 saturated carbocycles. The third-order valence-electron chi connectivity index (χ3n) is 5.59. The molecule has 0 atom stereocenters. The number of amides is 1. The maximum absolute atomic E-state index is 13.6. The molecule has 0 unspecified atom stereocenters. The van der Waals surface area contributed by atoms with Crippen molar-refractivity contribution >= 4 is 80.7 Å². The second kappa shape index (κ2) is 10.5. The van der Waals surface area contributed by atoms with Crippen molar-refractivity contribution in [3.63, 3.8) is 0 Å². The van der Waals surface area contributed by atoms with E-state index < -0.39 is 5.56 Å². The number of hydrogen-bond donors (Lipinski definition) is 0. The van der Waals surface area contributed by atoms with Crippen LogP contribution in [0.1, 0.15) is 16.7 Å². The van der Waals surface area contributed by atoms with Gasteiger partial charge >= 0.3 is 0 Å². The van der Waals surface area contributed by atoms with Crippen LogP contribution in [0.15, 0.2) is 70.5 Å². The van der Waals surface area contributed by atoms with Crippen LogP contribution in [-0.4, -0.2) is 24.5 Å². The number of halogens is 3. The molecule has 11 heteroatoms. The number of benzene rings is 2. The van der Waals surface area contributed by atoms with Crippen molar-refractivity contribution in [1.29, 1.82) is 0 Å². The standard InChI is InChI=1S/C26H16Cl3N3O3S2/c1-14-5-4-10-31-22(14)30-23(35-20-9-8-16(27)11-19(20)29)17(24(31)33)12-21-25(34)32(26(36)37-21)13-15-6-2-3-7-18(15)28/h2-12H,13H2,1H3/b21-12+. The summed E-state index contributed by atoms with van der Waals surface area (Å²) in [4.78, 5) is 33.2. The molecule has 1 saturated heterocycles. The number of fused-ring (bicyclic) bond motifs is 1. The zero-order chi connectivity index (χ0) is 26.3. The molecule has 37 heavy (non-hydrogen) atoms. The van der Waals surface area contributed by atoms with Crippen LogP contribution in [0.2, 0.25) is 15.1 Å². The van der Waals surface area contributed by atoms with Crippen LogP contribution < -0.4 is 10.3 Å². The van der Waals surface area contributed by atoms with E-state index in [-0.39, 0.29) is 39.6 Å². The first kappa shape index (κ1) is 25.8. The van der Waals surface area contributed by atoms with Gasteiger partial charge in [-0.1, -0.05) is 83.0 Å². The van der Waals surface area contributed by atoms with Crippen molar-refractivity contribution in [2.45, 2.75) is 13.5 Å². The number of rotatable bonds is 5. The number of thioether (sulfide) groups is 1. The van der Waals surface area contributed by atoms with E-state index in [1.165, 1.54) is 21.4 Å². The molecule has 1 fully saturated rings. The van der Waals surface area contributed by atoms with Gasteiger partial charge in [0.05, 0.1) is 16.5 Å². The first-order valence-electron chi connectivity index (χ1n) is 10.9. The first-order valence-corrected chi connectivity index (χ1v) is 13.2. The molecule has 2 aromatic heterocycles. The Hall–Kier alpha value is -2.88. The van der Waals surface area contributed by atoms with Crippen LogP contribution in [0.4, 0.5) is 0 Å². The molecule has 3 heterocycles. The van der Waals surface area contributed by atoms with Crippen molar-refractivity contribution < 1.29 is 9.53 Å². The van der Waals surface area contributed by atoms with Gasteiger partial charge in [-0.25, -0.2) is 0 Å². The van der Waals surface area contributed by atoms with Crippen LogP contribution in [-0.2, 0) is 11.3 Å². The van der Waals surface area contributed by atoms with Gasteiger partial charge in [0.1, 0.15) is 21.3 Å². The van der Waals surface area contributed by atoms with Crippen molar-refractivity contribution in [2.24, 2.45) is 0 Å². The summed E-state index contributed by atoms with van der Waals surface area (Å²) in [5, 5.41) is 1.21. The predicted molar refractivity (Wildman–Crippen MR) is 153 cm³/mol. The summed E-state index contributed by atoms with van der Waals surface area (Å²) in [5.41, 5.74) is 1.60. The smallest absolute Gasteiger partial charge is 0.269 e. The van der Waals surface area contributed by atoms with Gasteiger partial charge in [0, 0.05) is 16.2 Å². The van der Waals surface area contributed by atoms with Gasteiger partial charge in [-0.2, -0.15) is 4.98 Å². The largest absolute Gasteiger partial charge is 0.437 e. The second-order valence-electron chi connectivity index (χ2n) is 8.06. The molecule has 0 bridgehead atoms. The summed E-state index contributed by atoms with van der Waals surface area (Å²) >= 11 is 25.2. The number of aromatic nitrogens is 2. The van der Waals surface area contributed by atoms with E-state index in [1.54, 1.807) is 30.5 Å². The molecule has 0 spiro atoms. The topological polar surface area (TPSA) is 63.9 Å². The summed E-state index contributed by atoms with van der Waals surface area (Å²) < 4.78 is 7.76. The summed E-state index contributed by atoms with van der Waals surface area (Å²) in [6, 6.07) is 15.5. The van der Waals surface area contributed by atoms with E-state index in [1.807, 2.05) is 31.2 Å². The third-order valence-corrected chi connectivity index (χ3v) is 7.86. The Bertz CT molecular complexity index is 1690. The zero-order valence-corrected chi connectivity index (χ0v) is 23.0. The number of hydrogen-bond acceptors (Lipinski definition) is 6. The molecule has 186 valence electrons. The van der Waals surface area contributed by atoms with Crippen LogP contribution in [0.3, 0.4) is 0 Å². The van der Waals surface area contributed by atoms with Crippen molar-refractivity contribution in [1.82, 2.24) is 14.3 Å². The Morgan fingerprint density at radius 2 is 1.84 bits per heavy atom. The SMILES string of the molecule is Cc1cccn2c(=O)c(/C=C3/SC(=S)N(Cc4ccccc4Cl)C3=O)c(Oc3ccc(Cl)cc3Cl)nc12. The van der Waals surface area contributed by atoms with Crippen LogP contribution in [0.5, 0.6) is 11.6 Å². The quantitative estimate of drug-likeness (QED) is 0.182. The van der Waals surface area contributed by atoms with Gasteiger partial charge in [-0.15, -0.1) is 0 Å². The van der Waals surface area contributed by atoms with Crippen LogP contribution >= 0.6 is 58.8 Å². The highest BCUT2D eigenvalue weighted by molar-refractivity contribution is 8.26. The average Bonchev–Trinajstić information content (AvgIpc) is 3.12.